The predicted molar refractivity (Wildman–Crippen MR) is 49.1 cm³/mol. The van der Waals surface area contributed by atoms with E-state index < -0.39 is 0 Å². The minimum atomic E-state index is 0.262. The second-order valence-corrected chi connectivity index (χ2v) is 3.19. The van der Waals surface area contributed by atoms with Gasteiger partial charge in [-0.25, -0.2) is 9.71 Å². The molecule has 0 bridgehead atoms. The second kappa shape index (κ2) is 3.08. The van der Waals surface area contributed by atoms with Crippen LogP contribution in [0.4, 0.5) is 11.6 Å². The van der Waals surface area contributed by atoms with Crippen LogP contribution in [-0.2, 0) is 0 Å². The molecule has 1 aromatic heterocycles. The summed E-state index contributed by atoms with van der Waals surface area (Å²) in [5.41, 5.74) is 5.38. The molecule has 13 heavy (non-hydrogen) atoms. The van der Waals surface area contributed by atoms with Crippen molar-refractivity contribution in [2.75, 3.05) is 23.7 Å². The van der Waals surface area contributed by atoms with Gasteiger partial charge < -0.3 is 10.9 Å². The first-order valence-electron chi connectivity index (χ1n) is 4.37. The smallest absolute Gasteiger partial charge is 0.298 e. The third kappa shape index (κ3) is 1.49. The normalized spacial score (nSPS) is 16.5. The molecule has 0 unspecified atom stereocenters. The number of aromatic nitrogens is 2. The first kappa shape index (κ1) is 8.10. The molecule has 2 rings (SSSR count). The van der Waals surface area contributed by atoms with Crippen LogP contribution in [0.2, 0.25) is 0 Å². The summed E-state index contributed by atoms with van der Waals surface area (Å²) in [6.07, 6.45) is 5.12. The molecule has 5 heteroatoms. The average molecular weight is 180 g/mol. The van der Waals surface area contributed by atoms with Gasteiger partial charge in [0.25, 0.3) is 5.82 Å². The van der Waals surface area contributed by atoms with Gasteiger partial charge in [0.15, 0.2) is 5.82 Å². The molecular formula is C8H12N4O. The number of nitrogen functional groups attached to an aromatic ring is 1. The largest absolute Gasteiger partial charge is 0.710 e. The maximum atomic E-state index is 11.4. The molecule has 1 saturated heterocycles. The highest BCUT2D eigenvalue weighted by molar-refractivity contribution is 5.34. The zero-order valence-electron chi connectivity index (χ0n) is 7.31. The molecule has 0 spiro atoms. The summed E-state index contributed by atoms with van der Waals surface area (Å²) in [5, 5.41) is 11.4. The minimum absolute atomic E-state index is 0.262. The summed E-state index contributed by atoms with van der Waals surface area (Å²) in [4.78, 5) is 5.93. The lowest BCUT2D eigenvalue weighted by molar-refractivity contribution is -0.591. The van der Waals surface area contributed by atoms with Gasteiger partial charge in [-0.15, -0.1) is 0 Å². The van der Waals surface area contributed by atoms with E-state index in [-0.39, 0.29) is 5.82 Å². The van der Waals surface area contributed by atoms with Gasteiger partial charge >= 0.3 is 0 Å². The van der Waals surface area contributed by atoms with Crippen molar-refractivity contribution in [3.63, 3.8) is 0 Å². The van der Waals surface area contributed by atoms with Crippen LogP contribution in [0.25, 0.3) is 0 Å². The maximum absolute atomic E-state index is 11.4. The first-order valence-corrected chi connectivity index (χ1v) is 4.37. The highest BCUT2D eigenvalue weighted by atomic mass is 16.5. The fourth-order valence-electron chi connectivity index (χ4n) is 1.58. The third-order valence-corrected chi connectivity index (χ3v) is 2.23. The van der Waals surface area contributed by atoms with E-state index in [0.717, 1.165) is 30.7 Å². The fraction of sp³-hybridized carbons (Fsp3) is 0.500. The van der Waals surface area contributed by atoms with E-state index in [9.17, 15) is 5.21 Å². The fourth-order valence-corrected chi connectivity index (χ4v) is 1.58. The van der Waals surface area contributed by atoms with Crippen LogP contribution < -0.4 is 15.4 Å². The minimum Gasteiger partial charge on any atom is -0.710 e. The number of rotatable bonds is 1. The highest BCUT2D eigenvalue weighted by Crippen LogP contribution is 2.14. The van der Waals surface area contributed by atoms with E-state index in [2.05, 4.69) is 4.98 Å². The molecule has 0 amide bonds. The Hall–Kier alpha value is -1.52. The van der Waals surface area contributed by atoms with Crippen LogP contribution in [-0.4, -0.2) is 18.1 Å². The van der Waals surface area contributed by atoms with Crippen molar-refractivity contribution in [2.45, 2.75) is 12.8 Å². The molecule has 5 nitrogen and oxygen atoms in total. The van der Waals surface area contributed by atoms with E-state index >= 15 is 0 Å². The maximum Gasteiger partial charge on any atom is 0.298 e. The molecule has 0 radical (unpaired) electrons. The third-order valence-electron chi connectivity index (χ3n) is 2.23. The average Bonchev–Trinajstić information content (AvgIpc) is 2.56. The van der Waals surface area contributed by atoms with Gasteiger partial charge in [-0.1, -0.05) is 0 Å². The summed E-state index contributed by atoms with van der Waals surface area (Å²) in [5.74, 6) is 0.865. The molecule has 0 aliphatic carbocycles. The standard InChI is InChI=1S/C8H12N4O/c9-7-6-12(13)8(5-10-7)11-3-1-2-4-11/h5-6H,1-4H2,(H2,9,10). The lowest BCUT2D eigenvalue weighted by atomic mass is 10.4. The van der Waals surface area contributed by atoms with E-state index in [1.54, 1.807) is 0 Å². The van der Waals surface area contributed by atoms with Gasteiger partial charge in [-0.3, -0.25) is 4.90 Å². The Bertz CT molecular complexity index is 309. The molecule has 0 aromatic carbocycles. The zero-order chi connectivity index (χ0) is 9.26. The van der Waals surface area contributed by atoms with Crippen LogP contribution in [0, 0.1) is 5.21 Å². The number of nitrogens with zero attached hydrogens (tertiary/aromatic N) is 3. The molecular weight excluding hydrogens is 168 g/mol. The summed E-state index contributed by atoms with van der Waals surface area (Å²) < 4.78 is 0.785. The van der Waals surface area contributed by atoms with Crippen LogP contribution in [0.5, 0.6) is 0 Å². The first-order chi connectivity index (χ1) is 6.27. The summed E-state index contributed by atoms with van der Waals surface area (Å²) in [6, 6.07) is 0. The molecule has 1 aromatic rings. The molecule has 1 aliphatic heterocycles. The van der Waals surface area contributed by atoms with Gasteiger partial charge in [-0.05, 0) is 12.8 Å². The monoisotopic (exact) mass is 180 g/mol. The molecule has 1 aliphatic rings. The van der Waals surface area contributed by atoms with Gasteiger partial charge in [0.05, 0.1) is 13.1 Å². The van der Waals surface area contributed by atoms with Crippen molar-refractivity contribution in [2.24, 2.45) is 0 Å². The highest BCUT2D eigenvalue weighted by Gasteiger charge is 2.21. The van der Waals surface area contributed by atoms with Crippen molar-refractivity contribution in [1.29, 1.82) is 0 Å². The van der Waals surface area contributed by atoms with E-state index in [0.29, 0.717) is 5.82 Å². The van der Waals surface area contributed by atoms with Gasteiger partial charge in [0, 0.05) is 0 Å². The second-order valence-electron chi connectivity index (χ2n) is 3.19. The zero-order valence-corrected chi connectivity index (χ0v) is 7.31. The van der Waals surface area contributed by atoms with E-state index in [4.69, 9.17) is 5.73 Å². The summed E-state index contributed by atoms with van der Waals surface area (Å²) in [6.45, 7) is 1.88. The molecule has 1 fully saturated rings. The topological polar surface area (TPSA) is 69.1 Å². The van der Waals surface area contributed by atoms with E-state index in [1.807, 2.05) is 4.90 Å². The molecule has 0 atom stereocenters. The lowest BCUT2D eigenvalue weighted by Gasteiger charge is -2.14. The van der Waals surface area contributed by atoms with Crippen molar-refractivity contribution in [1.82, 2.24) is 4.98 Å². The lowest BCUT2D eigenvalue weighted by Crippen LogP contribution is -2.37. The molecule has 2 N–H and O–H groups in total. The Balaban J connectivity index is 2.29. The summed E-state index contributed by atoms with van der Waals surface area (Å²) in [7, 11) is 0. The van der Waals surface area contributed by atoms with Crippen LogP contribution in [0.1, 0.15) is 12.8 Å². The van der Waals surface area contributed by atoms with Gasteiger partial charge in [0.2, 0.25) is 0 Å². The number of hydrogen-bond donors (Lipinski definition) is 1. The van der Waals surface area contributed by atoms with Crippen molar-refractivity contribution in [3.05, 3.63) is 17.6 Å². The Morgan fingerprint density at radius 3 is 2.77 bits per heavy atom. The van der Waals surface area contributed by atoms with Crippen LogP contribution in [0.3, 0.4) is 0 Å². The Labute approximate surface area is 76.4 Å². The Kier molecular flexibility index (Phi) is 1.92. The Morgan fingerprint density at radius 2 is 2.15 bits per heavy atom. The quantitative estimate of drug-likeness (QED) is 0.484. The summed E-state index contributed by atoms with van der Waals surface area (Å²) >= 11 is 0. The van der Waals surface area contributed by atoms with E-state index in [1.165, 1.54) is 12.4 Å². The van der Waals surface area contributed by atoms with Gasteiger partial charge in [-0.2, -0.15) is 0 Å². The molecule has 0 saturated carbocycles. The van der Waals surface area contributed by atoms with Crippen molar-refractivity contribution in [3.8, 4) is 0 Å². The van der Waals surface area contributed by atoms with Gasteiger partial charge in [0.1, 0.15) is 12.4 Å². The van der Waals surface area contributed by atoms with Crippen molar-refractivity contribution >= 4 is 11.6 Å². The Morgan fingerprint density at radius 1 is 1.46 bits per heavy atom. The SMILES string of the molecule is Nc1c[n+]([O-])c(N2CCCC2)cn1. The van der Waals surface area contributed by atoms with Crippen LogP contribution in [0.15, 0.2) is 12.4 Å². The predicted octanol–water partition coefficient (Wildman–Crippen LogP) is -0.103. The molecule has 70 valence electrons. The van der Waals surface area contributed by atoms with Crippen LogP contribution >= 0.6 is 0 Å². The van der Waals surface area contributed by atoms with Crippen molar-refractivity contribution < 1.29 is 4.73 Å². The number of anilines is 2. The molecule has 2 heterocycles. The number of hydrogen-bond acceptors (Lipinski definition) is 4. The number of nitrogens with two attached hydrogens (primary N) is 1.